The van der Waals surface area contributed by atoms with Crippen molar-refractivity contribution < 1.29 is 18.8 Å². The molecule has 2 saturated heterocycles. The van der Waals surface area contributed by atoms with Crippen molar-refractivity contribution in [1.29, 1.82) is 0 Å². The third-order valence-electron chi connectivity index (χ3n) is 7.51. The third kappa shape index (κ3) is 6.37. The average molecular weight is 575 g/mol. The molecule has 0 bridgehead atoms. The molecule has 1 unspecified atom stereocenters. The maximum absolute atomic E-state index is 13.5. The summed E-state index contributed by atoms with van der Waals surface area (Å²) in [6, 6.07) is 7.65. The van der Waals surface area contributed by atoms with E-state index in [0.29, 0.717) is 40.7 Å². The molecule has 210 valence electrons. The Bertz CT molecular complexity index is 1290. The Morgan fingerprint density at radius 3 is 2.69 bits per heavy atom. The summed E-state index contributed by atoms with van der Waals surface area (Å²) in [6.45, 7) is 7.57. The molecule has 1 atom stereocenters. The van der Waals surface area contributed by atoms with Crippen LogP contribution in [0.25, 0.3) is 10.6 Å². The molecule has 0 aliphatic carbocycles. The highest BCUT2D eigenvalue weighted by atomic mass is 35.5. The van der Waals surface area contributed by atoms with Crippen molar-refractivity contribution in [2.75, 3.05) is 33.4 Å². The van der Waals surface area contributed by atoms with E-state index in [4.69, 9.17) is 20.9 Å². The molecular weight excluding hydrogens is 540 g/mol. The van der Waals surface area contributed by atoms with Crippen LogP contribution in [-0.2, 0) is 11.3 Å². The van der Waals surface area contributed by atoms with Crippen LogP contribution in [0.4, 0.5) is 0 Å². The maximum atomic E-state index is 13.5. The van der Waals surface area contributed by atoms with E-state index in [0.717, 1.165) is 43.6 Å². The first-order valence-electron chi connectivity index (χ1n) is 13.5. The minimum Gasteiger partial charge on any atom is -0.383 e. The van der Waals surface area contributed by atoms with Gasteiger partial charge in [-0.2, -0.15) is 5.10 Å². The fourth-order valence-electron chi connectivity index (χ4n) is 5.36. The molecule has 2 fully saturated rings. The predicted octanol–water partition coefficient (Wildman–Crippen LogP) is 4.15. The number of nitrogens with one attached hydrogen (secondary N) is 1. The van der Waals surface area contributed by atoms with Crippen molar-refractivity contribution in [3.63, 3.8) is 0 Å². The Morgan fingerprint density at radius 2 is 2.00 bits per heavy atom. The van der Waals surface area contributed by atoms with E-state index in [2.05, 4.69) is 34.3 Å². The Hall–Kier alpha value is -2.73. The highest BCUT2D eigenvalue weighted by molar-refractivity contribution is 7.19. The van der Waals surface area contributed by atoms with Gasteiger partial charge in [0.15, 0.2) is 11.5 Å². The number of methoxy groups -OCH3 is 1. The summed E-state index contributed by atoms with van der Waals surface area (Å²) >= 11 is 7.47. The number of likely N-dealkylation sites (tertiary alicyclic amines) is 2. The number of thiophene rings is 1. The minimum absolute atomic E-state index is 0.00628. The third-order valence-corrected chi connectivity index (χ3v) is 8.76. The number of hydrogen-bond donors (Lipinski definition) is 1. The highest BCUT2D eigenvalue weighted by Gasteiger charge is 2.32. The molecular formula is C27H35ClN6O4S. The van der Waals surface area contributed by atoms with E-state index in [1.807, 2.05) is 12.1 Å². The first kappa shape index (κ1) is 27.8. The van der Waals surface area contributed by atoms with Gasteiger partial charge in [-0.15, -0.1) is 11.3 Å². The van der Waals surface area contributed by atoms with Gasteiger partial charge in [0.1, 0.15) is 11.4 Å². The number of hydrogen-bond acceptors (Lipinski definition) is 8. The van der Waals surface area contributed by atoms with Gasteiger partial charge >= 0.3 is 0 Å². The summed E-state index contributed by atoms with van der Waals surface area (Å²) in [5.41, 5.74) is 1.16. The number of aromatic nitrogens is 3. The van der Waals surface area contributed by atoms with Crippen LogP contribution in [0, 0.1) is 0 Å². The Labute approximate surface area is 237 Å². The molecule has 5 rings (SSSR count). The van der Waals surface area contributed by atoms with Crippen LogP contribution < -0.4 is 5.32 Å². The zero-order valence-corrected chi connectivity index (χ0v) is 24.1. The molecule has 3 aromatic rings. The van der Waals surface area contributed by atoms with Crippen molar-refractivity contribution >= 4 is 34.8 Å². The smallest absolute Gasteiger partial charge is 0.274 e. The zero-order chi connectivity index (χ0) is 27.5. The zero-order valence-electron chi connectivity index (χ0n) is 22.6. The second kappa shape index (κ2) is 12.2. The molecule has 1 N–H and O–H groups in total. The Balaban J connectivity index is 1.37. The Kier molecular flexibility index (Phi) is 8.70. The number of carbonyl (C=O) groups is 2. The van der Waals surface area contributed by atoms with Gasteiger partial charge in [0, 0.05) is 51.0 Å². The highest BCUT2D eigenvalue weighted by Crippen LogP contribution is 2.31. The van der Waals surface area contributed by atoms with Crippen LogP contribution in [0.3, 0.4) is 0 Å². The number of halogens is 1. The number of nitrogens with zero attached hydrogens (tertiary/aromatic N) is 5. The summed E-state index contributed by atoms with van der Waals surface area (Å²) < 4.78 is 13.1. The van der Waals surface area contributed by atoms with Gasteiger partial charge < -0.3 is 24.4 Å². The van der Waals surface area contributed by atoms with Gasteiger partial charge in [0.25, 0.3) is 11.8 Å². The molecule has 0 spiro atoms. The number of rotatable bonds is 9. The number of ether oxygens (including phenoxy) is 1. The van der Waals surface area contributed by atoms with Crippen LogP contribution in [0.5, 0.6) is 0 Å². The fraction of sp³-hybridized carbons (Fsp3) is 0.556. The lowest BCUT2D eigenvalue weighted by Crippen LogP contribution is -2.46. The molecule has 2 aliphatic rings. The van der Waals surface area contributed by atoms with E-state index in [1.54, 1.807) is 28.8 Å². The van der Waals surface area contributed by atoms with Gasteiger partial charge in [0.05, 0.1) is 28.4 Å². The van der Waals surface area contributed by atoms with Gasteiger partial charge in [0.2, 0.25) is 0 Å². The van der Waals surface area contributed by atoms with E-state index in [1.165, 1.54) is 11.3 Å². The first-order valence-corrected chi connectivity index (χ1v) is 14.7. The van der Waals surface area contributed by atoms with Gasteiger partial charge in [-0.25, -0.2) is 0 Å². The summed E-state index contributed by atoms with van der Waals surface area (Å²) in [5, 5.41) is 12.0. The lowest BCUT2D eigenvalue weighted by Gasteiger charge is -2.34. The van der Waals surface area contributed by atoms with E-state index < -0.39 is 0 Å². The average Bonchev–Trinajstić information content (AvgIpc) is 3.72. The molecule has 0 aromatic carbocycles. The van der Waals surface area contributed by atoms with Crippen molar-refractivity contribution in [3.8, 4) is 10.6 Å². The summed E-state index contributed by atoms with van der Waals surface area (Å²) in [6.07, 6.45) is 3.56. The van der Waals surface area contributed by atoms with Crippen molar-refractivity contribution in [1.82, 2.24) is 30.1 Å². The summed E-state index contributed by atoms with van der Waals surface area (Å²) in [4.78, 5) is 32.0. The van der Waals surface area contributed by atoms with E-state index in [9.17, 15) is 9.59 Å². The molecule has 10 nitrogen and oxygen atoms in total. The van der Waals surface area contributed by atoms with Gasteiger partial charge in [-0.1, -0.05) is 16.8 Å². The molecule has 2 aliphatic heterocycles. The summed E-state index contributed by atoms with van der Waals surface area (Å²) in [7, 11) is 1.64. The van der Waals surface area contributed by atoms with Crippen molar-refractivity contribution in [2.24, 2.45) is 0 Å². The van der Waals surface area contributed by atoms with E-state index in [-0.39, 0.29) is 36.1 Å². The standard InChI is InChI=1S/C27H35ClN6O4S/c1-17(2)32-11-8-18(9-12-32)29-26(35)22-14-21(27(36)33-10-4-5-20(33)16-37-3)30-34(22)15-19-13-23(38-31-19)24-6-7-25(28)39-24/h6-7,13-14,17-18,20H,4-5,8-12,15-16H2,1-3H3,(H,29,35). The van der Waals surface area contributed by atoms with Crippen molar-refractivity contribution in [3.05, 3.63) is 45.7 Å². The largest absolute Gasteiger partial charge is 0.383 e. The SMILES string of the molecule is COCC1CCCN1C(=O)c1cc(C(=O)NC2CCN(C(C)C)CC2)n(Cc2cc(-c3ccc(Cl)s3)on2)n1. The van der Waals surface area contributed by atoms with E-state index >= 15 is 0 Å². The van der Waals surface area contributed by atoms with Crippen LogP contribution in [-0.4, -0.2) is 88.0 Å². The second-order valence-corrected chi connectivity index (χ2v) is 12.2. The molecule has 2 amide bonds. The van der Waals surface area contributed by atoms with Crippen LogP contribution in [0.2, 0.25) is 4.34 Å². The van der Waals surface area contributed by atoms with Gasteiger partial charge in [-0.05, 0) is 51.7 Å². The lowest BCUT2D eigenvalue weighted by atomic mass is 10.0. The predicted molar refractivity (Wildman–Crippen MR) is 149 cm³/mol. The lowest BCUT2D eigenvalue weighted by molar-refractivity contribution is 0.0624. The molecule has 0 radical (unpaired) electrons. The van der Waals surface area contributed by atoms with Crippen LogP contribution in [0.1, 0.15) is 66.2 Å². The molecule has 3 aromatic heterocycles. The first-order chi connectivity index (χ1) is 18.8. The Morgan fingerprint density at radius 1 is 1.21 bits per heavy atom. The quantitative estimate of drug-likeness (QED) is 0.409. The molecule has 5 heterocycles. The van der Waals surface area contributed by atoms with Crippen LogP contribution >= 0.6 is 22.9 Å². The van der Waals surface area contributed by atoms with Crippen LogP contribution in [0.15, 0.2) is 28.8 Å². The molecule has 12 heteroatoms. The summed E-state index contributed by atoms with van der Waals surface area (Å²) in [5.74, 6) is 0.155. The van der Waals surface area contributed by atoms with Crippen molar-refractivity contribution in [2.45, 2.75) is 64.2 Å². The topological polar surface area (TPSA) is 106 Å². The normalized spacial score (nSPS) is 18.8. The molecule has 39 heavy (non-hydrogen) atoms. The number of amides is 2. The maximum Gasteiger partial charge on any atom is 0.274 e. The number of carbonyl (C=O) groups excluding carboxylic acids is 2. The molecule has 0 saturated carbocycles. The second-order valence-electron chi connectivity index (χ2n) is 10.5. The monoisotopic (exact) mass is 574 g/mol. The number of piperidine rings is 1. The fourth-order valence-corrected chi connectivity index (χ4v) is 6.35. The minimum atomic E-state index is -0.242. The van der Waals surface area contributed by atoms with Gasteiger partial charge in [-0.3, -0.25) is 14.3 Å².